The molecule has 0 bridgehead atoms. The number of carbonyl (C=O) groups excluding carboxylic acids is 1. The number of carbonyl (C=O) groups is 1. The predicted molar refractivity (Wildman–Crippen MR) is 73.2 cm³/mol. The zero-order chi connectivity index (χ0) is 12.7. The highest BCUT2D eigenvalue weighted by Gasteiger charge is 2.37. The van der Waals surface area contributed by atoms with E-state index in [2.05, 4.69) is 4.99 Å². The highest BCUT2D eigenvalue weighted by Crippen LogP contribution is 2.34. The van der Waals surface area contributed by atoms with Gasteiger partial charge in [-0.2, -0.15) is 0 Å². The van der Waals surface area contributed by atoms with E-state index in [4.69, 9.17) is 11.6 Å². The van der Waals surface area contributed by atoms with Gasteiger partial charge in [0.25, 0.3) is 5.91 Å². The number of nitrogens with zero attached hydrogens (tertiary/aromatic N) is 2. The number of rotatable bonds is 2. The molecule has 0 saturated carbocycles. The SMILES string of the molecule is CCC1=C2CCN=C2N(c2ccc(Cl)cc2)C1=O. The number of hydrogen-bond acceptors (Lipinski definition) is 2. The second kappa shape index (κ2) is 4.25. The van der Waals surface area contributed by atoms with Gasteiger partial charge in [0.15, 0.2) is 0 Å². The average Bonchev–Trinajstić information content (AvgIpc) is 2.90. The van der Waals surface area contributed by atoms with Gasteiger partial charge < -0.3 is 0 Å². The minimum absolute atomic E-state index is 0.0632. The van der Waals surface area contributed by atoms with Crippen LogP contribution in [0.1, 0.15) is 19.8 Å². The zero-order valence-electron chi connectivity index (χ0n) is 10.1. The zero-order valence-corrected chi connectivity index (χ0v) is 10.9. The normalized spacial score (nSPS) is 18.4. The van der Waals surface area contributed by atoms with Gasteiger partial charge >= 0.3 is 0 Å². The van der Waals surface area contributed by atoms with Crippen LogP contribution in [0.15, 0.2) is 40.4 Å². The topological polar surface area (TPSA) is 32.7 Å². The van der Waals surface area contributed by atoms with Gasteiger partial charge in [0.2, 0.25) is 0 Å². The molecule has 1 aromatic carbocycles. The number of hydrogen-bond donors (Lipinski definition) is 0. The summed E-state index contributed by atoms with van der Waals surface area (Å²) in [7, 11) is 0. The van der Waals surface area contributed by atoms with Crippen LogP contribution in [-0.4, -0.2) is 18.3 Å². The molecule has 2 aliphatic heterocycles. The summed E-state index contributed by atoms with van der Waals surface area (Å²) in [4.78, 5) is 18.6. The fourth-order valence-corrected chi connectivity index (χ4v) is 2.65. The fourth-order valence-electron chi connectivity index (χ4n) is 2.53. The van der Waals surface area contributed by atoms with E-state index in [1.807, 2.05) is 19.1 Å². The molecule has 3 nitrogen and oxygen atoms in total. The standard InChI is InChI=1S/C14H13ClN2O/c1-2-11-12-7-8-16-13(12)17(14(11)18)10-5-3-9(15)4-6-10/h3-6H,2,7-8H2,1H3. The van der Waals surface area contributed by atoms with Crippen molar-refractivity contribution in [1.29, 1.82) is 0 Å². The summed E-state index contributed by atoms with van der Waals surface area (Å²) in [5.41, 5.74) is 2.87. The van der Waals surface area contributed by atoms with Gasteiger partial charge in [-0.1, -0.05) is 18.5 Å². The van der Waals surface area contributed by atoms with Crippen LogP contribution in [0.3, 0.4) is 0 Å². The lowest BCUT2D eigenvalue weighted by molar-refractivity contribution is -0.114. The highest BCUT2D eigenvalue weighted by atomic mass is 35.5. The number of fused-ring (bicyclic) bond motifs is 1. The molecule has 2 heterocycles. The molecule has 0 unspecified atom stereocenters. The molecule has 0 radical (unpaired) electrons. The Hall–Kier alpha value is -1.61. The van der Waals surface area contributed by atoms with Crippen LogP contribution in [0, 0.1) is 0 Å². The number of halogens is 1. The van der Waals surface area contributed by atoms with E-state index >= 15 is 0 Å². The second-order valence-corrected chi connectivity index (χ2v) is 4.82. The van der Waals surface area contributed by atoms with Crippen LogP contribution >= 0.6 is 11.6 Å². The summed E-state index contributed by atoms with van der Waals surface area (Å²) >= 11 is 5.88. The first kappa shape index (κ1) is 11.5. The molecule has 4 heteroatoms. The van der Waals surface area contributed by atoms with Crippen molar-refractivity contribution in [3.05, 3.63) is 40.4 Å². The monoisotopic (exact) mass is 260 g/mol. The fraction of sp³-hybridized carbons (Fsp3) is 0.286. The Morgan fingerprint density at radius 2 is 2.06 bits per heavy atom. The Kier molecular flexibility index (Phi) is 2.71. The number of benzene rings is 1. The van der Waals surface area contributed by atoms with E-state index in [0.717, 1.165) is 42.1 Å². The summed E-state index contributed by atoms with van der Waals surface area (Å²) in [5, 5.41) is 0.669. The maximum atomic E-state index is 12.4. The predicted octanol–water partition coefficient (Wildman–Crippen LogP) is 3.20. The van der Waals surface area contributed by atoms with Crippen LogP contribution in [-0.2, 0) is 4.79 Å². The van der Waals surface area contributed by atoms with Gasteiger partial charge in [-0.3, -0.25) is 14.7 Å². The lowest BCUT2D eigenvalue weighted by Gasteiger charge is -2.17. The van der Waals surface area contributed by atoms with E-state index < -0.39 is 0 Å². The van der Waals surface area contributed by atoms with Crippen LogP contribution in [0.5, 0.6) is 0 Å². The molecule has 1 aromatic rings. The molecule has 3 rings (SSSR count). The summed E-state index contributed by atoms with van der Waals surface area (Å²) in [5.74, 6) is 0.896. The van der Waals surface area contributed by atoms with Crippen molar-refractivity contribution in [2.24, 2.45) is 4.99 Å². The van der Waals surface area contributed by atoms with Gasteiger partial charge in [0, 0.05) is 22.7 Å². The molecular weight excluding hydrogens is 248 g/mol. The first-order chi connectivity index (χ1) is 8.72. The van der Waals surface area contributed by atoms with Crippen molar-refractivity contribution in [2.45, 2.75) is 19.8 Å². The van der Waals surface area contributed by atoms with Crippen molar-refractivity contribution in [1.82, 2.24) is 0 Å². The summed E-state index contributed by atoms with van der Waals surface area (Å²) in [6.07, 6.45) is 1.64. The lowest BCUT2D eigenvalue weighted by Crippen LogP contribution is -2.31. The van der Waals surface area contributed by atoms with E-state index in [1.165, 1.54) is 0 Å². The van der Waals surface area contributed by atoms with Crippen molar-refractivity contribution in [3.63, 3.8) is 0 Å². The minimum atomic E-state index is 0.0632. The summed E-state index contributed by atoms with van der Waals surface area (Å²) in [6, 6.07) is 7.31. The van der Waals surface area contributed by atoms with E-state index in [-0.39, 0.29) is 5.91 Å². The number of amidine groups is 1. The smallest absolute Gasteiger partial charge is 0.260 e. The molecule has 0 aromatic heterocycles. The van der Waals surface area contributed by atoms with Crippen molar-refractivity contribution in [2.75, 3.05) is 11.4 Å². The van der Waals surface area contributed by atoms with Crippen LogP contribution in [0.2, 0.25) is 5.02 Å². The Bertz CT molecular complexity index is 572. The first-order valence-corrected chi connectivity index (χ1v) is 6.47. The molecule has 0 N–H and O–H groups in total. The largest absolute Gasteiger partial charge is 0.269 e. The molecule has 92 valence electrons. The van der Waals surface area contributed by atoms with Crippen molar-refractivity contribution < 1.29 is 4.79 Å². The maximum absolute atomic E-state index is 12.4. The third-order valence-electron chi connectivity index (χ3n) is 3.37. The average molecular weight is 261 g/mol. The molecule has 0 atom stereocenters. The molecule has 1 amide bonds. The first-order valence-electron chi connectivity index (χ1n) is 6.09. The molecule has 18 heavy (non-hydrogen) atoms. The Labute approximate surface area is 111 Å². The van der Waals surface area contributed by atoms with Crippen molar-refractivity contribution >= 4 is 29.0 Å². The van der Waals surface area contributed by atoms with Crippen molar-refractivity contribution in [3.8, 4) is 0 Å². The molecule has 0 saturated heterocycles. The number of anilines is 1. The third kappa shape index (κ3) is 1.58. The molecule has 2 aliphatic rings. The van der Waals surface area contributed by atoms with Gasteiger partial charge in [0.1, 0.15) is 5.84 Å². The van der Waals surface area contributed by atoms with Gasteiger partial charge in [-0.05, 0) is 37.1 Å². The van der Waals surface area contributed by atoms with Crippen LogP contribution in [0.25, 0.3) is 0 Å². The molecule has 0 aliphatic carbocycles. The van der Waals surface area contributed by atoms with E-state index in [9.17, 15) is 4.79 Å². The summed E-state index contributed by atoms with van der Waals surface area (Å²) in [6.45, 7) is 2.80. The van der Waals surface area contributed by atoms with E-state index in [1.54, 1.807) is 17.0 Å². The maximum Gasteiger partial charge on any atom is 0.260 e. The Balaban J connectivity index is 2.05. The molecular formula is C14H13ClN2O. The van der Waals surface area contributed by atoms with Crippen LogP contribution < -0.4 is 4.90 Å². The van der Waals surface area contributed by atoms with Gasteiger partial charge in [-0.15, -0.1) is 0 Å². The highest BCUT2D eigenvalue weighted by molar-refractivity contribution is 6.35. The van der Waals surface area contributed by atoms with Gasteiger partial charge in [-0.25, -0.2) is 0 Å². The number of amides is 1. The Morgan fingerprint density at radius 3 is 2.72 bits per heavy atom. The third-order valence-corrected chi connectivity index (χ3v) is 3.62. The second-order valence-electron chi connectivity index (χ2n) is 4.38. The molecule has 0 fully saturated rings. The lowest BCUT2D eigenvalue weighted by atomic mass is 10.1. The summed E-state index contributed by atoms with van der Waals surface area (Å²) < 4.78 is 0. The Morgan fingerprint density at radius 1 is 1.33 bits per heavy atom. The quantitative estimate of drug-likeness (QED) is 0.804. The molecule has 0 spiro atoms. The van der Waals surface area contributed by atoms with Crippen LogP contribution in [0.4, 0.5) is 5.69 Å². The van der Waals surface area contributed by atoms with Gasteiger partial charge in [0.05, 0.1) is 5.69 Å². The van der Waals surface area contributed by atoms with E-state index in [0.29, 0.717) is 5.02 Å². The minimum Gasteiger partial charge on any atom is -0.269 e. The number of aliphatic imine (C=N–C) groups is 1.